The Morgan fingerprint density at radius 2 is 1.70 bits per heavy atom. The minimum absolute atomic E-state index is 0. The third kappa shape index (κ3) is 5.40. The molecule has 132 valence electrons. The summed E-state index contributed by atoms with van der Waals surface area (Å²) >= 11 is 0. The molecule has 1 heterocycles. The van der Waals surface area contributed by atoms with E-state index >= 15 is 0 Å². The molecule has 6 N–H and O–H groups in total. The van der Waals surface area contributed by atoms with Crippen LogP contribution in [0.2, 0.25) is 0 Å². The maximum absolute atomic E-state index is 11.3. The highest BCUT2D eigenvalue weighted by Gasteiger charge is 2.49. The van der Waals surface area contributed by atoms with E-state index in [2.05, 4.69) is 0 Å². The van der Waals surface area contributed by atoms with Gasteiger partial charge in [0.1, 0.15) is 11.6 Å². The van der Waals surface area contributed by atoms with Crippen LogP contribution in [-0.2, 0) is 16.1 Å². The van der Waals surface area contributed by atoms with E-state index in [0.717, 1.165) is 5.56 Å². The molecule has 0 radical (unpaired) electrons. The summed E-state index contributed by atoms with van der Waals surface area (Å²) in [6, 6.07) is 6.10. The second-order valence-corrected chi connectivity index (χ2v) is 5.17. The smallest absolute Gasteiger partial charge is 0.325 e. The molecule has 1 aliphatic heterocycles. The molecule has 23 heavy (non-hydrogen) atoms. The largest absolute Gasteiger partial charge is 0.480 e. The molecule has 7 nitrogen and oxygen atoms in total. The lowest BCUT2D eigenvalue weighted by Crippen LogP contribution is -2.50. The molecule has 1 aromatic rings. The van der Waals surface area contributed by atoms with Crippen molar-refractivity contribution in [2.45, 2.75) is 24.5 Å². The van der Waals surface area contributed by atoms with Gasteiger partial charge in [0.05, 0.1) is 0 Å². The third-order valence-electron chi connectivity index (χ3n) is 3.56. The van der Waals surface area contributed by atoms with Crippen molar-refractivity contribution < 1.29 is 19.8 Å². The fourth-order valence-electron chi connectivity index (χ4n) is 2.43. The number of carbonyl (C=O) groups is 2. The Morgan fingerprint density at radius 1 is 1.17 bits per heavy atom. The van der Waals surface area contributed by atoms with E-state index in [-0.39, 0.29) is 50.2 Å². The lowest BCUT2D eigenvalue weighted by molar-refractivity contribution is -0.142. The third-order valence-corrected chi connectivity index (χ3v) is 3.56. The van der Waals surface area contributed by atoms with Crippen LogP contribution in [0.15, 0.2) is 24.3 Å². The van der Waals surface area contributed by atoms with E-state index in [1.807, 2.05) is 0 Å². The van der Waals surface area contributed by atoms with Gasteiger partial charge in [0.25, 0.3) is 0 Å². The topological polar surface area (TPSA) is 130 Å². The summed E-state index contributed by atoms with van der Waals surface area (Å²) in [5.74, 6) is -2.24. The number of nitrogens with two attached hydrogens (primary N) is 2. The van der Waals surface area contributed by atoms with E-state index in [1.54, 1.807) is 29.2 Å². The van der Waals surface area contributed by atoms with Gasteiger partial charge < -0.3 is 21.7 Å². The minimum Gasteiger partial charge on any atom is -0.480 e. The fourth-order valence-corrected chi connectivity index (χ4v) is 2.43. The molecule has 1 aliphatic rings. The number of nitrogens with zero attached hydrogens (tertiary/aromatic N) is 1. The van der Waals surface area contributed by atoms with E-state index < -0.39 is 23.5 Å². The van der Waals surface area contributed by atoms with Crippen molar-refractivity contribution in [3.05, 3.63) is 29.8 Å². The Hall–Kier alpha value is -1.25. The number of aliphatic carboxylic acids is 2. The predicted octanol–water partition coefficient (Wildman–Crippen LogP) is 0.975. The van der Waals surface area contributed by atoms with Crippen molar-refractivity contribution in [1.29, 1.82) is 0 Å². The molecule has 0 unspecified atom stereocenters. The molecule has 10 heteroatoms. The zero-order valence-electron chi connectivity index (χ0n) is 12.0. The zero-order chi connectivity index (χ0) is 14.9. The summed E-state index contributed by atoms with van der Waals surface area (Å²) in [5.41, 5.74) is 11.3. The standard InChI is InChI=1S/C13H17N3O4.3ClH/c14-9-3-1-8(2-4-9)6-16-7-13(15,12(19)20)5-10(16)11(17)18;;;/h1-4,10H,5-7,14-15H2,(H,17,18)(H,19,20);3*1H/t10-,13-;;;/m1.../s1. The van der Waals surface area contributed by atoms with Crippen LogP contribution in [0.1, 0.15) is 12.0 Å². The number of hydrogen-bond acceptors (Lipinski definition) is 5. The number of carboxylic acids is 2. The molecule has 0 spiro atoms. The van der Waals surface area contributed by atoms with Gasteiger partial charge in [0, 0.05) is 25.2 Å². The average Bonchev–Trinajstić information content (AvgIpc) is 2.71. The molecule has 0 aromatic heterocycles. The van der Waals surface area contributed by atoms with Crippen molar-refractivity contribution in [3.63, 3.8) is 0 Å². The van der Waals surface area contributed by atoms with Gasteiger partial charge >= 0.3 is 11.9 Å². The lowest BCUT2D eigenvalue weighted by Gasteiger charge is -2.21. The van der Waals surface area contributed by atoms with E-state index in [1.165, 1.54) is 0 Å². The molecule has 1 fully saturated rings. The van der Waals surface area contributed by atoms with Gasteiger partial charge in [0.15, 0.2) is 0 Å². The van der Waals surface area contributed by atoms with Crippen molar-refractivity contribution in [2.24, 2.45) is 5.73 Å². The van der Waals surface area contributed by atoms with Crippen LogP contribution in [0, 0.1) is 0 Å². The molecule has 0 bridgehead atoms. The minimum atomic E-state index is -1.52. The molecule has 1 aromatic carbocycles. The Balaban J connectivity index is 0. The van der Waals surface area contributed by atoms with Gasteiger partial charge in [-0.3, -0.25) is 14.5 Å². The van der Waals surface area contributed by atoms with Gasteiger partial charge in [-0.05, 0) is 17.7 Å². The maximum atomic E-state index is 11.3. The van der Waals surface area contributed by atoms with Crippen LogP contribution >= 0.6 is 37.2 Å². The van der Waals surface area contributed by atoms with Crippen molar-refractivity contribution >= 4 is 54.8 Å². The van der Waals surface area contributed by atoms with E-state index in [9.17, 15) is 14.7 Å². The highest BCUT2D eigenvalue weighted by Crippen LogP contribution is 2.27. The van der Waals surface area contributed by atoms with E-state index in [0.29, 0.717) is 12.2 Å². The van der Waals surface area contributed by atoms with Crippen LogP contribution in [0.25, 0.3) is 0 Å². The second-order valence-electron chi connectivity index (χ2n) is 5.17. The number of likely N-dealkylation sites (tertiary alicyclic amines) is 1. The summed E-state index contributed by atoms with van der Waals surface area (Å²) in [6.45, 7) is 0.327. The predicted molar refractivity (Wildman–Crippen MR) is 93.6 cm³/mol. The number of carboxylic acid groups (broad SMARTS) is 2. The van der Waals surface area contributed by atoms with Crippen molar-refractivity contribution in [2.75, 3.05) is 12.3 Å². The van der Waals surface area contributed by atoms with Crippen LogP contribution in [-0.4, -0.2) is 45.2 Å². The van der Waals surface area contributed by atoms with Crippen molar-refractivity contribution in [1.82, 2.24) is 4.90 Å². The zero-order valence-corrected chi connectivity index (χ0v) is 14.5. The highest BCUT2D eigenvalue weighted by atomic mass is 35.5. The normalized spacial score (nSPS) is 23.1. The van der Waals surface area contributed by atoms with Crippen LogP contribution < -0.4 is 11.5 Å². The monoisotopic (exact) mass is 387 g/mol. The van der Waals surface area contributed by atoms with Gasteiger partial charge in [-0.2, -0.15) is 0 Å². The Labute approximate surface area is 152 Å². The molecule has 0 saturated carbocycles. The summed E-state index contributed by atoms with van der Waals surface area (Å²) in [6.07, 6.45) is -0.105. The number of halogens is 3. The number of anilines is 1. The summed E-state index contributed by atoms with van der Waals surface area (Å²) in [4.78, 5) is 24.0. The maximum Gasteiger partial charge on any atom is 0.325 e. The molecular formula is C13H20Cl3N3O4. The van der Waals surface area contributed by atoms with Gasteiger partial charge in [-0.1, -0.05) is 12.1 Å². The van der Waals surface area contributed by atoms with Crippen LogP contribution in [0.4, 0.5) is 5.69 Å². The molecule has 2 rings (SSSR count). The SMILES string of the molecule is Cl.Cl.Cl.Nc1ccc(CN2C[C@@](N)(C(=O)O)C[C@@H]2C(=O)O)cc1. The summed E-state index contributed by atoms with van der Waals surface area (Å²) in [5, 5.41) is 18.3. The number of rotatable bonds is 4. The quantitative estimate of drug-likeness (QED) is 0.565. The number of hydrogen-bond donors (Lipinski definition) is 4. The van der Waals surface area contributed by atoms with E-state index in [4.69, 9.17) is 16.6 Å². The first kappa shape index (κ1) is 24.0. The Bertz CT molecular complexity index is 544. The highest BCUT2D eigenvalue weighted by molar-refractivity contribution is 5.86. The Kier molecular flexibility index (Phi) is 9.55. The van der Waals surface area contributed by atoms with Gasteiger partial charge in [-0.25, -0.2) is 0 Å². The van der Waals surface area contributed by atoms with Crippen molar-refractivity contribution in [3.8, 4) is 0 Å². The average molecular weight is 389 g/mol. The van der Waals surface area contributed by atoms with Crippen LogP contribution in [0.3, 0.4) is 0 Å². The molecule has 0 aliphatic carbocycles. The number of benzene rings is 1. The fraction of sp³-hybridized carbons (Fsp3) is 0.385. The summed E-state index contributed by atoms with van der Waals surface area (Å²) < 4.78 is 0. The first-order valence-corrected chi connectivity index (χ1v) is 6.15. The van der Waals surface area contributed by atoms with Gasteiger partial charge in [-0.15, -0.1) is 37.2 Å². The lowest BCUT2D eigenvalue weighted by atomic mass is 9.98. The molecule has 2 atom stereocenters. The summed E-state index contributed by atoms with van der Waals surface area (Å²) in [7, 11) is 0. The molecule has 0 amide bonds. The second kappa shape index (κ2) is 9.14. The first-order chi connectivity index (χ1) is 9.32. The molecular weight excluding hydrogens is 369 g/mol. The Morgan fingerprint density at radius 3 is 2.13 bits per heavy atom. The first-order valence-electron chi connectivity index (χ1n) is 6.15. The van der Waals surface area contributed by atoms with Gasteiger partial charge in [0.2, 0.25) is 0 Å². The molecule has 1 saturated heterocycles. The van der Waals surface area contributed by atoms with Crippen LogP contribution in [0.5, 0.6) is 0 Å². The number of nitrogen functional groups attached to an aromatic ring is 1.